The quantitative estimate of drug-likeness (QED) is 0.162. The average Bonchev–Trinajstić information content (AvgIpc) is 3.71. The van der Waals surface area contributed by atoms with E-state index in [2.05, 4.69) is 47.6 Å². The first-order valence-corrected chi connectivity index (χ1v) is 20.3. The Morgan fingerprint density at radius 2 is 1.62 bits per heavy atom. The highest BCUT2D eigenvalue weighted by atomic mass is 16.7. The van der Waals surface area contributed by atoms with Gasteiger partial charge in [0.1, 0.15) is 41.9 Å². The van der Waals surface area contributed by atoms with Gasteiger partial charge in [0, 0.05) is 23.2 Å². The second kappa shape index (κ2) is 13.7. The molecule has 4 aliphatic carbocycles. The largest absolute Gasteiger partial charge is 0.394 e. The molecule has 3 saturated carbocycles. The molecule has 7 rings (SSSR count). The Balaban J connectivity index is 1.10. The fourth-order valence-corrected chi connectivity index (χ4v) is 12.9. The predicted molar refractivity (Wildman–Crippen MR) is 195 cm³/mol. The van der Waals surface area contributed by atoms with Gasteiger partial charge in [-0.3, -0.25) is 4.79 Å². The van der Waals surface area contributed by atoms with Gasteiger partial charge in [-0.05, 0) is 82.0 Å². The molecule has 0 aromatic carbocycles. The molecule has 18 atom stereocenters. The van der Waals surface area contributed by atoms with Crippen molar-refractivity contribution in [1.29, 1.82) is 0 Å². The first-order chi connectivity index (χ1) is 25.4. The lowest BCUT2D eigenvalue weighted by Crippen LogP contribution is -2.65. The van der Waals surface area contributed by atoms with E-state index in [1.165, 1.54) is 0 Å². The van der Waals surface area contributed by atoms with Crippen LogP contribution in [0.3, 0.4) is 0 Å². The molecule has 0 spiro atoms. The third-order valence-corrected chi connectivity index (χ3v) is 16.3. The van der Waals surface area contributed by atoms with E-state index < -0.39 is 108 Å². The van der Waals surface area contributed by atoms with Crippen LogP contribution in [0.1, 0.15) is 100 Å². The van der Waals surface area contributed by atoms with Crippen LogP contribution in [0.4, 0.5) is 0 Å². The molecule has 8 N–H and O–H groups in total. The predicted octanol–water partition coefficient (Wildman–Crippen LogP) is 1.10. The van der Waals surface area contributed by atoms with Crippen molar-refractivity contribution in [2.75, 3.05) is 19.8 Å². The van der Waals surface area contributed by atoms with Gasteiger partial charge in [0.05, 0.1) is 49.3 Å². The second-order valence-electron chi connectivity index (χ2n) is 20.2. The number of ketones is 1. The number of aliphatic hydroxyl groups excluding tert-OH is 6. The third kappa shape index (κ3) is 6.10. The summed E-state index contributed by atoms with van der Waals surface area (Å²) in [6, 6.07) is 0. The summed E-state index contributed by atoms with van der Waals surface area (Å²) in [5, 5.41) is 85.8. The summed E-state index contributed by atoms with van der Waals surface area (Å²) < 4.78 is 30.2. The van der Waals surface area contributed by atoms with Crippen molar-refractivity contribution >= 4 is 5.78 Å². The van der Waals surface area contributed by atoms with Crippen molar-refractivity contribution in [3.8, 4) is 0 Å². The molecule has 0 amide bonds. The van der Waals surface area contributed by atoms with Crippen molar-refractivity contribution in [1.82, 2.24) is 0 Å². The van der Waals surface area contributed by atoms with E-state index in [9.17, 15) is 45.6 Å². The molecule has 3 saturated heterocycles. The van der Waals surface area contributed by atoms with Gasteiger partial charge in [0.25, 0.3) is 0 Å². The summed E-state index contributed by atoms with van der Waals surface area (Å²) in [6.45, 7) is 14.4. The van der Waals surface area contributed by atoms with Crippen LogP contribution in [-0.2, 0) is 28.5 Å². The summed E-state index contributed by atoms with van der Waals surface area (Å²) in [4.78, 5) is 14.9. The van der Waals surface area contributed by atoms with E-state index >= 15 is 0 Å². The lowest BCUT2D eigenvalue weighted by atomic mass is 9.38. The smallest absolute Gasteiger partial charge is 0.187 e. The lowest BCUT2D eigenvalue weighted by molar-refractivity contribution is -0.341. The fourth-order valence-electron chi connectivity index (χ4n) is 12.9. The highest BCUT2D eigenvalue weighted by Gasteiger charge is 2.74. The van der Waals surface area contributed by atoms with Gasteiger partial charge in [-0.2, -0.15) is 0 Å². The molecule has 7 aliphatic rings. The van der Waals surface area contributed by atoms with Crippen LogP contribution in [0.5, 0.6) is 0 Å². The number of hydrogen-bond acceptors (Lipinski definition) is 14. The molecule has 314 valence electrons. The Morgan fingerprint density at radius 3 is 2.22 bits per heavy atom. The van der Waals surface area contributed by atoms with E-state index in [1.807, 2.05) is 0 Å². The molecule has 3 heterocycles. The number of rotatable bonds is 8. The molecule has 14 heteroatoms. The van der Waals surface area contributed by atoms with Crippen LogP contribution in [0.15, 0.2) is 11.6 Å². The molecule has 14 nitrogen and oxygen atoms in total. The maximum atomic E-state index is 14.9. The fraction of sp³-hybridized carbons (Fsp3) is 0.927. The molecule has 0 aromatic rings. The van der Waals surface area contributed by atoms with E-state index in [4.69, 9.17) is 23.7 Å². The Morgan fingerprint density at radius 1 is 0.927 bits per heavy atom. The number of ether oxygens (including phenoxy) is 5. The number of fused-ring (bicyclic) bond motifs is 5. The van der Waals surface area contributed by atoms with Crippen molar-refractivity contribution in [3.05, 3.63) is 11.6 Å². The molecular formula is C41H66O14. The maximum absolute atomic E-state index is 14.9. The van der Waals surface area contributed by atoms with Crippen molar-refractivity contribution in [2.24, 2.45) is 39.4 Å². The monoisotopic (exact) mass is 782 g/mol. The Labute approximate surface area is 324 Å². The van der Waals surface area contributed by atoms with Gasteiger partial charge >= 0.3 is 0 Å². The molecule has 3 aliphatic heterocycles. The first-order valence-electron chi connectivity index (χ1n) is 20.3. The van der Waals surface area contributed by atoms with E-state index in [0.717, 1.165) is 5.57 Å². The van der Waals surface area contributed by atoms with Crippen LogP contribution >= 0.6 is 0 Å². The van der Waals surface area contributed by atoms with Crippen molar-refractivity contribution < 1.29 is 69.3 Å². The van der Waals surface area contributed by atoms with Crippen LogP contribution in [-0.4, -0.2) is 145 Å². The molecule has 6 fully saturated rings. The van der Waals surface area contributed by atoms with Crippen molar-refractivity contribution in [2.45, 2.75) is 179 Å². The minimum atomic E-state index is -1.97. The van der Waals surface area contributed by atoms with Crippen molar-refractivity contribution in [3.63, 3.8) is 0 Å². The minimum absolute atomic E-state index is 0.0281. The molecule has 0 radical (unpaired) electrons. The van der Waals surface area contributed by atoms with Crippen LogP contribution in [0, 0.1) is 39.4 Å². The maximum Gasteiger partial charge on any atom is 0.187 e. The molecule has 0 aromatic heterocycles. The number of carbonyl (C=O) groups is 1. The van der Waals surface area contributed by atoms with Gasteiger partial charge in [-0.15, -0.1) is 0 Å². The van der Waals surface area contributed by atoms with Crippen LogP contribution in [0.2, 0.25) is 0 Å². The number of carbonyl (C=O) groups excluding carboxylic acids is 1. The van der Waals surface area contributed by atoms with Gasteiger partial charge in [0.2, 0.25) is 0 Å². The molecule has 18 unspecified atom stereocenters. The lowest BCUT2D eigenvalue weighted by Gasteiger charge is -2.65. The van der Waals surface area contributed by atoms with Gasteiger partial charge in [-0.25, -0.2) is 0 Å². The van der Waals surface area contributed by atoms with Gasteiger partial charge in [-0.1, -0.05) is 46.3 Å². The zero-order valence-corrected chi connectivity index (χ0v) is 33.7. The summed E-state index contributed by atoms with van der Waals surface area (Å²) >= 11 is 0. The highest BCUT2D eigenvalue weighted by molar-refractivity contribution is 5.88. The van der Waals surface area contributed by atoms with Gasteiger partial charge in [0.15, 0.2) is 12.6 Å². The average molecular weight is 783 g/mol. The molecule has 0 bridgehead atoms. The SMILES string of the molecule is CC(C)(O)C1CCC(C)(C2C(O)CC3(C)C4CC=C5C(CCC(OC6OC(CO)C(OC7OCC(O)(CO)C7O)C(O)C6O)C5(C)C)C4(C)C(=O)CC23C)O1. The molecular weight excluding hydrogens is 716 g/mol. The zero-order chi connectivity index (χ0) is 40.5. The third-order valence-electron chi connectivity index (χ3n) is 16.3. The van der Waals surface area contributed by atoms with Gasteiger partial charge < -0.3 is 64.5 Å². The second-order valence-corrected chi connectivity index (χ2v) is 20.2. The first kappa shape index (κ1) is 42.0. The normalized spacial score (nSPS) is 53.8. The topological polar surface area (TPSA) is 225 Å². The Hall–Kier alpha value is -1.11. The number of allylic oxidation sites excluding steroid dienone is 1. The summed E-state index contributed by atoms with van der Waals surface area (Å²) in [5.41, 5.74) is -4.77. The van der Waals surface area contributed by atoms with Crippen LogP contribution < -0.4 is 0 Å². The van der Waals surface area contributed by atoms with E-state index in [-0.39, 0.29) is 35.1 Å². The summed E-state index contributed by atoms with van der Waals surface area (Å²) in [7, 11) is 0. The Kier molecular flexibility index (Phi) is 10.5. The molecule has 55 heavy (non-hydrogen) atoms. The van der Waals surface area contributed by atoms with E-state index in [1.54, 1.807) is 13.8 Å². The zero-order valence-electron chi connectivity index (χ0n) is 33.7. The number of aliphatic hydroxyl groups is 8. The van der Waals surface area contributed by atoms with E-state index in [0.29, 0.717) is 44.9 Å². The summed E-state index contributed by atoms with van der Waals surface area (Å²) in [6.07, 6.45) is -5.38. The highest BCUT2D eigenvalue weighted by Crippen LogP contribution is 2.75. The minimum Gasteiger partial charge on any atom is -0.394 e. The summed E-state index contributed by atoms with van der Waals surface area (Å²) in [5.74, 6) is -0.186. The Bertz CT molecular complexity index is 1510. The number of Topliss-reactive ketones (excluding diaryl/α,β-unsaturated/α-hetero) is 1. The standard InChI is InChI=1S/C41H66O14/c1-35(2)20-9-11-24-37(5)15-22(44)31(39(7)14-13-27(55-39)36(3,4)49)38(37,6)16-25(45)40(24,8)21(20)10-12-26(35)53-33-29(47)28(46)30(23(17-42)52-33)54-34-32(48)41(50,18-43)19-51-34/h9,21-24,26-34,42-44,46-50H,10-19H2,1-8H3. The van der Waals surface area contributed by atoms with Crippen LogP contribution in [0.25, 0.3) is 0 Å². The number of hydrogen-bond donors (Lipinski definition) is 8.